The second-order valence-electron chi connectivity index (χ2n) is 16.7. The van der Waals surface area contributed by atoms with Gasteiger partial charge in [0.25, 0.3) is 0 Å². The van der Waals surface area contributed by atoms with Gasteiger partial charge in [-0.15, -0.1) is 0 Å². The Morgan fingerprint density at radius 2 is 1.64 bits per heavy atom. The lowest BCUT2D eigenvalue weighted by Gasteiger charge is -2.35. The summed E-state index contributed by atoms with van der Waals surface area (Å²) in [6.45, 7) is 9.66. The summed E-state index contributed by atoms with van der Waals surface area (Å²) in [5.74, 6) is 0.722. The Morgan fingerprint density at radius 1 is 0.897 bits per heavy atom. The van der Waals surface area contributed by atoms with Crippen molar-refractivity contribution in [2.75, 3.05) is 51.2 Å². The number of carbonyl (C=O) groups is 3. The number of rotatable bonds is 16. The number of likely N-dealkylation sites (tertiary alicyclic amines) is 1. The van der Waals surface area contributed by atoms with Crippen LogP contribution >= 0.6 is 0 Å². The normalized spacial score (nSPS) is 19.8. The van der Waals surface area contributed by atoms with Gasteiger partial charge in [0, 0.05) is 62.4 Å². The van der Waals surface area contributed by atoms with Crippen LogP contribution in [0.15, 0.2) is 60.7 Å². The number of unbranched alkanes of at least 4 members (excludes halogenated alkanes) is 3. The first kappa shape index (κ1) is 41.4. The Bertz CT molecular complexity index is 2020. The Hall–Kier alpha value is -4.81. The second-order valence-corrected chi connectivity index (χ2v) is 16.7. The monoisotopic (exact) mass is 790 g/mol. The van der Waals surface area contributed by atoms with Crippen LogP contribution in [0.4, 0.5) is 5.82 Å². The van der Waals surface area contributed by atoms with Gasteiger partial charge in [-0.1, -0.05) is 93.6 Å². The molecule has 1 aliphatic carbocycles. The lowest BCUT2D eigenvalue weighted by molar-refractivity contribution is -0.140. The van der Waals surface area contributed by atoms with E-state index in [4.69, 9.17) is 15.8 Å². The molecule has 12 heteroatoms. The fourth-order valence-corrected chi connectivity index (χ4v) is 9.53. The number of nitrogens with one attached hydrogen (secondary N) is 2. The van der Waals surface area contributed by atoms with Gasteiger partial charge in [-0.05, 0) is 76.1 Å². The first-order valence-electron chi connectivity index (χ1n) is 21.8. The van der Waals surface area contributed by atoms with Crippen LogP contribution in [0.25, 0.3) is 28.0 Å². The Balaban J connectivity index is 0.931. The van der Waals surface area contributed by atoms with Gasteiger partial charge in [-0.25, -0.2) is 4.98 Å². The zero-order valence-electron chi connectivity index (χ0n) is 34.8. The highest BCUT2D eigenvalue weighted by molar-refractivity contribution is 5.90. The predicted molar refractivity (Wildman–Crippen MR) is 230 cm³/mol. The number of aryl methyl sites for hydroxylation is 2. The van der Waals surface area contributed by atoms with Crippen molar-refractivity contribution in [1.82, 2.24) is 35.0 Å². The van der Waals surface area contributed by atoms with E-state index in [0.29, 0.717) is 19.4 Å². The molecule has 2 aromatic carbocycles. The highest BCUT2D eigenvalue weighted by Gasteiger charge is 2.42. The highest BCUT2D eigenvalue weighted by atomic mass is 16.2. The molecule has 12 nitrogen and oxygen atoms in total. The molecular formula is C46H63N9O3. The van der Waals surface area contributed by atoms with Crippen LogP contribution < -0.4 is 21.3 Å². The summed E-state index contributed by atoms with van der Waals surface area (Å²) in [5, 5.41) is 11.4. The zero-order valence-corrected chi connectivity index (χ0v) is 34.8. The maximum atomic E-state index is 13.6. The van der Waals surface area contributed by atoms with E-state index < -0.39 is 11.9 Å². The highest BCUT2D eigenvalue weighted by Crippen LogP contribution is 2.34. The molecule has 4 aromatic rings. The fraction of sp³-hybridized carbons (Fsp3) is 0.543. The third kappa shape index (κ3) is 9.55. The van der Waals surface area contributed by atoms with Crippen molar-refractivity contribution in [2.45, 2.75) is 109 Å². The molecule has 3 atom stereocenters. The maximum absolute atomic E-state index is 13.6. The molecule has 2 aliphatic heterocycles. The molecule has 0 spiro atoms. The van der Waals surface area contributed by atoms with E-state index in [1.54, 1.807) is 4.90 Å². The van der Waals surface area contributed by atoms with E-state index in [1.807, 2.05) is 13.1 Å². The van der Waals surface area contributed by atoms with E-state index >= 15 is 0 Å². The number of amides is 3. The molecule has 4 N–H and O–H groups in total. The second kappa shape index (κ2) is 19.3. The third-order valence-electron chi connectivity index (χ3n) is 12.8. The third-order valence-corrected chi connectivity index (χ3v) is 12.8. The summed E-state index contributed by atoms with van der Waals surface area (Å²) < 4.78 is 2.05. The van der Waals surface area contributed by atoms with Crippen molar-refractivity contribution in [2.24, 2.45) is 11.7 Å². The van der Waals surface area contributed by atoms with Crippen molar-refractivity contribution in [1.29, 1.82) is 0 Å². The molecule has 0 bridgehead atoms. The molecule has 3 fully saturated rings. The van der Waals surface area contributed by atoms with E-state index in [2.05, 4.69) is 93.4 Å². The number of benzene rings is 2. The van der Waals surface area contributed by atoms with Gasteiger partial charge in [-0.3, -0.25) is 14.4 Å². The smallest absolute Gasteiger partial charge is 0.240 e. The molecule has 2 saturated heterocycles. The minimum atomic E-state index is -0.695. The van der Waals surface area contributed by atoms with E-state index in [-0.39, 0.29) is 29.8 Å². The number of primary amides is 1. The summed E-state index contributed by atoms with van der Waals surface area (Å²) in [6.07, 6.45) is 11.0. The molecule has 58 heavy (non-hydrogen) atoms. The van der Waals surface area contributed by atoms with Crippen molar-refractivity contribution < 1.29 is 14.4 Å². The lowest BCUT2D eigenvalue weighted by Crippen LogP contribution is -2.54. The number of fused-ring (bicyclic) bond motifs is 1. The van der Waals surface area contributed by atoms with E-state index in [1.165, 1.54) is 12.0 Å². The standard InChI is InChI=1S/C46H63N9O3/c1-4-52-24-26-53(27-25-52)41-30-38(34-18-10-7-11-19-34)50-45-42(32(2)51-55(41)45)36-22-15-17-33(28-36)16-9-5-6-14-23-40(56)49-37-29-39(44(47)57)54(31-37)46(58)43(48-3)35-20-12-8-13-21-35/h7,10-11,15,17-19,22,28,30,35,37,39,43,48H,4-6,8-9,12-14,16,20-21,23-27,29,31H2,1-3H3,(H2,47,57)(H,49,56). The molecule has 0 radical (unpaired) electrons. The minimum Gasteiger partial charge on any atom is -0.368 e. The number of hydrogen-bond acceptors (Lipinski definition) is 8. The van der Waals surface area contributed by atoms with Gasteiger partial charge >= 0.3 is 0 Å². The number of nitrogens with two attached hydrogens (primary N) is 1. The maximum Gasteiger partial charge on any atom is 0.240 e. The number of anilines is 1. The molecule has 1 saturated carbocycles. The summed E-state index contributed by atoms with van der Waals surface area (Å²) in [5.41, 5.74) is 13.1. The SMILES string of the molecule is CCN1CCN(c2cc(-c3ccccc3)nc3c(-c4cccc(CCCCCCC(=O)NC5CC(C(N)=O)N(C(=O)C(NC)C6CCCCC6)C5)c4)c(C)nn23)CC1. The number of carbonyl (C=O) groups excluding carboxylic acids is 3. The Labute approximate surface area is 343 Å². The topological polar surface area (TPSA) is 141 Å². The molecule has 2 aromatic heterocycles. The fourth-order valence-electron chi connectivity index (χ4n) is 9.53. The molecule has 7 rings (SSSR count). The lowest BCUT2D eigenvalue weighted by atomic mass is 9.83. The minimum absolute atomic E-state index is 0.0353. The molecule has 4 heterocycles. The number of hydrogen-bond donors (Lipinski definition) is 3. The number of likely N-dealkylation sites (N-methyl/N-ethyl adjacent to an activating group) is 2. The van der Waals surface area contributed by atoms with Crippen LogP contribution in [-0.4, -0.2) is 107 Å². The van der Waals surface area contributed by atoms with Gasteiger partial charge in [0.15, 0.2) is 5.65 Å². The van der Waals surface area contributed by atoms with Crippen LogP contribution in [0.1, 0.15) is 88.8 Å². The van der Waals surface area contributed by atoms with Crippen LogP contribution in [0.2, 0.25) is 0 Å². The molecule has 310 valence electrons. The average Bonchev–Trinajstić information content (AvgIpc) is 3.83. The summed E-state index contributed by atoms with van der Waals surface area (Å²) in [6, 6.07) is 20.1. The van der Waals surface area contributed by atoms with Gasteiger partial charge in [0.05, 0.1) is 17.4 Å². The average molecular weight is 790 g/mol. The first-order chi connectivity index (χ1) is 28.2. The van der Waals surface area contributed by atoms with Crippen molar-refractivity contribution in [3.63, 3.8) is 0 Å². The number of nitrogens with zero attached hydrogens (tertiary/aromatic N) is 6. The predicted octanol–water partition coefficient (Wildman–Crippen LogP) is 5.75. The van der Waals surface area contributed by atoms with Crippen LogP contribution in [-0.2, 0) is 20.8 Å². The summed E-state index contributed by atoms with van der Waals surface area (Å²) in [4.78, 5) is 50.8. The quantitative estimate of drug-likeness (QED) is 0.122. The molecule has 3 amide bonds. The van der Waals surface area contributed by atoms with Crippen molar-refractivity contribution >= 4 is 29.2 Å². The van der Waals surface area contributed by atoms with Gasteiger partial charge < -0.3 is 31.1 Å². The largest absolute Gasteiger partial charge is 0.368 e. The van der Waals surface area contributed by atoms with Gasteiger partial charge in [0.2, 0.25) is 17.7 Å². The van der Waals surface area contributed by atoms with Crippen LogP contribution in [0, 0.1) is 12.8 Å². The Kier molecular flexibility index (Phi) is 13.8. The number of aromatic nitrogens is 3. The molecule has 3 unspecified atom stereocenters. The van der Waals surface area contributed by atoms with Gasteiger partial charge in [-0.2, -0.15) is 9.61 Å². The van der Waals surface area contributed by atoms with Crippen LogP contribution in [0.5, 0.6) is 0 Å². The summed E-state index contributed by atoms with van der Waals surface area (Å²) in [7, 11) is 1.82. The molecule has 3 aliphatic rings. The number of piperazine rings is 1. The van der Waals surface area contributed by atoms with Gasteiger partial charge in [0.1, 0.15) is 11.9 Å². The van der Waals surface area contributed by atoms with E-state index in [0.717, 1.165) is 130 Å². The first-order valence-corrected chi connectivity index (χ1v) is 21.8. The zero-order chi connectivity index (χ0) is 40.6. The molecular weight excluding hydrogens is 727 g/mol. The van der Waals surface area contributed by atoms with E-state index in [9.17, 15) is 14.4 Å². The van der Waals surface area contributed by atoms with Crippen molar-refractivity contribution in [3.05, 3.63) is 71.9 Å². The Morgan fingerprint density at radius 3 is 2.36 bits per heavy atom. The van der Waals surface area contributed by atoms with Crippen molar-refractivity contribution in [3.8, 4) is 22.4 Å². The van der Waals surface area contributed by atoms with Crippen LogP contribution in [0.3, 0.4) is 0 Å². The summed E-state index contributed by atoms with van der Waals surface area (Å²) >= 11 is 0.